The van der Waals surface area contributed by atoms with E-state index >= 15 is 0 Å². The Bertz CT molecular complexity index is 548. The third-order valence-electron chi connectivity index (χ3n) is 4.26. The Morgan fingerprint density at radius 3 is 2.54 bits per heavy atom. The SMILES string of the molecule is COC(=O)CCCC(=O)N1CCCN(Cc2ccc(F)cc2)CC1. The maximum Gasteiger partial charge on any atom is 0.305 e. The average molecular weight is 336 g/mol. The number of methoxy groups -OCH3 is 1. The lowest BCUT2D eigenvalue weighted by Gasteiger charge is -2.22. The van der Waals surface area contributed by atoms with E-state index in [0.29, 0.717) is 19.4 Å². The van der Waals surface area contributed by atoms with Gasteiger partial charge in [0.1, 0.15) is 5.82 Å². The molecule has 0 spiro atoms. The number of esters is 1. The summed E-state index contributed by atoms with van der Waals surface area (Å²) in [4.78, 5) is 27.5. The molecule has 1 fully saturated rings. The van der Waals surface area contributed by atoms with Gasteiger partial charge in [-0.1, -0.05) is 12.1 Å². The van der Waals surface area contributed by atoms with Gasteiger partial charge in [-0.2, -0.15) is 0 Å². The number of carbonyl (C=O) groups excluding carboxylic acids is 2. The molecule has 0 radical (unpaired) electrons. The smallest absolute Gasteiger partial charge is 0.305 e. The highest BCUT2D eigenvalue weighted by molar-refractivity contribution is 5.77. The van der Waals surface area contributed by atoms with E-state index in [0.717, 1.165) is 38.2 Å². The molecule has 132 valence electrons. The van der Waals surface area contributed by atoms with Gasteiger partial charge in [-0.05, 0) is 30.5 Å². The van der Waals surface area contributed by atoms with Crippen molar-refractivity contribution in [1.29, 1.82) is 0 Å². The van der Waals surface area contributed by atoms with Gasteiger partial charge < -0.3 is 9.64 Å². The molecule has 24 heavy (non-hydrogen) atoms. The van der Waals surface area contributed by atoms with Crippen LogP contribution in [0, 0.1) is 5.82 Å². The standard InChI is InChI=1S/C18H25FN2O3/c1-24-18(23)5-2-4-17(22)21-11-3-10-20(12-13-21)14-15-6-8-16(19)9-7-15/h6-9H,2-5,10-14H2,1H3. The fourth-order valence-corrected chi connectivity index (χ4v) is 2.87. The molecule has 5 nitrogen and oxygen atoms in total. The van der Waals surface area contributed by atoms with Crippen LogP contribution in [0.3, 0.4) is 0 Å². The highest BCUT2D eigenvalue weighted by Gasteiger charge is 2.19. The van der Waals surface area contributed by atoms with E-state index in [4.69, 9.17) is 0 Å². The Hall–Kier alpha value is -1.95. The predicted octanol–water partition coefficient (Wildman–Crippen LogP) is 2.20. The van der Waals surface area contributed by atoms with Crippen molar-refractivity contribution >= 4 is 11.9 Å². The highest BCUT2D eigenvalue weighted by Crippen LogP contribution is 2.11. The summed E-state index contributed by atoms with van der Waals surface area (Å²) >= 11 is 0. The number of benzene rings is 1. The van der Waals surface area contributed by atoms with Gasteiger partial charge in [0.05, 0.1) is 7.11 Å². The maximum atomic E-state index is 13.0. The first-order chi connectivity index (χ1) is 11.6. The minimum atomic E-state index is -0.274. The van der Waals surface area contributed by atoms with Crippen LogP contribution in [0.1, 0.15) is 31.2 Å². The molecule has 1 aromatic rings. The molecular formula is C18H25FN2O3. The van der Waals surface area contributed by atoms with Crippen molar-refractivity contribution < 1.29 is 18.7 Å². The average Bonchev–Trinajstić information content (AvgIpc) is 2.82. The van der Waals surface area contributed by atoms with Crippen LogP contribution in [0.5, 0.6) is 0 Å². The first kappa shape index (κ1) is 18.4. The number of carbonyl (C=O) groups is 2. The van der Waals surface area contributed by atoms with Crippen LogP contribution >= 0.6 is 0 Å². The number of rotatable bonds is 6. The topological polar surface area (TPSA) is 49.9 Å². The van der Waals surface area contributed by atoms with Crippen LogP contribution in [-0.4, -0.2) is 55.0 Å². The third-order valence-corrected chi connectivity index (χ3v) is 4.26. The molecule has 1 amide bonds. The van der Waals surface area contributed by atoms with Gasteiger partial charge in [-0.15, -0.1) is 0 Å². The number of nitrogens with zero attached hydrogens (tertiary/aromatic N) is 2. The molecule has 1 aliphatic heterocycles. The molecule has 1 heterocycles. The minimum absolute atomic E-state index is 0.0996. The highest BCUT2D eigenvalue weighted by atomic mass is 19.1. The van der Waals surface area contributed by atoms with Gasteiger partial charge >= 0.3 is 5.97 Å². The predicted molar refractivity (Wildman–Crippen MR) is 88.7 cm³/mol. The Labute approximate surface area is 142 Å². The van der Waals surface area contributed by atoms with Gasteiger partial charge in [0.25, 0.3) is 0 Å². The van der Waals surface area contributed by atoms with Crippen LogP contribution in [-0.2, 0) is 20.9 Å². The number of hydrogen-bond acceptors (Lipinski definition) is 4. The van der Waals surface area contributed by atoms with Crippen molar-refractivity contribution in [2.24, 2.45) is 0 Å². The van der Waals surface area contributed by atoms with E-state index in [1.54, 1.807) is 12.1 Å². The molecule has 6 heteroatoms. The Morgan fingerprint density at radius 2 is 1.83 bits per heavy atom. The number of ether oxygens (including phenoxy) is 1. The van der Waals surface area contributed by atoms with E-state index in [1.165, 1.54) is 19.2 Å². The molecule has 0 aliphatic carbocycles. The quantitative estimate of drug-likeness (QED) is 0.748. The molecule has 1 saturated heterocycles. The molecule has 0 aromatic heterocycles. The van der Waals surface area contributed by atoms with Gasteiger partial charge in [-0.3, -0.25) is 14.5 Å². The van der Waals surface area contributed by atoms with Gasteiger partial charge in [0.2, 0.25) is 5.91 Å². The zero-order chi connectivity index (χ0) is 17.4. The second-order valence-electron chi connectivity index (χ2n) is 6.07. The number of halogens is 1. The monoisotopic (exact) mass is 336 g/mol. The van der Waals surface area contributed by atoms with Crippen LogP contribution in [0.2, 0.25) is 0 Å². The van der Waals surface area contributed by atoms with Crippen molar-refractivity contribution in [3.63, 3.8) is 0 Å². The van der Waals surface area contributed by atoms with Crippen LogP contribution in [0.4, 0.5) is 4.39 Å². The molecule has 1 aromatic carbocycles. The maximum absolute atomic E-state index is 13.0. The summed E-state index contributed by atoms with van der Waals surface area (Å²) in [7, 11) is 1.36. The van der Waals surface area contributed by atoms with E-state index in [1.807, 2.05) is 4.90 Å². The van der Waals surface area contributed by atoms with E-state index in [-0.39, 0.29) is 24.1 Å². The van der Waals surface area contributed by atoms with Crippen molar-refractivity contribution in [1.82, 2.24) is 9.80 Å². The van der Waals surface area contributed by atoms with Crippen molar-refractivity contribution in [3.8, 4) is 0 Å². The zero-order valence-electron chi connectivity index (χ0n) is 14.2. The molecule has 1 aliphatic rings. The summed E-state index contributed by atoms with van der Waals surface area (Å²) in [6.07, 6.45) is 2.12. The Kier molecular flexibility index (Phi) is 7.18. The molecule has 0 bridgehead atoms. The molecule has 0 unspecified atom stereocenters. The first-order valence-electron chi connectivity index (χ1n) is 8.40. The van der Waals surface area contributed by atoms with Crippen molar-refractivity contribution in [3.05, 3.63) is 35.6 Å². The summed E-state index contributed by atoms with van der Waals surface area (Å²) in [5, 5.41) is 0. The van der Waals surface area contributed by atoms with Crippen LogP contribution < -0.4 is 0 Å². The summed E-state index contributed by atoms with van der Waals surface area (Å²) in [5.74, 6) is -0.398. The van der Waals surface area contributed by atoms with Crippen molar-refractivity contribution in [2.45, 2.75) is 32.2 Å². The lowest BCUT2D eigenvalue weighted by molar-refractivity contribution is -0.140. The summed E-state index contributed by atoms with van der Waals surface area (Å²) in [6, 6.07) is 6.56. The number of amides is 1. The zero-order valence-corrected chi connectivity index (χ0v) is 14.2. The van der Waals surface area contributed by atoms with Gasteiger partial charge in [0.15, 0.2) is 0 Å². The van der Waals surface area contributed by atoms with E-state index < -0.39 is 0 Å². The van der Waals surface area contributed by atoms with E-state index in [9.17, 15) is 14.0 Å². The summed E-state index contributed by atoms with van der Waals surface area (Å²) in [6.45, 7) is 3.93. The lowest BCUT2D eigenvalue weighted by Crippen LogP contribution is -2.35. The third kappa shape index (κ3) is 5.92. The minimum Gasteiger partial charge on any atom is -0.469 e. The molecule has 0 atom stereocenters. The van der Waals surface area contributed by atoms with E-state index in [2.05, 4.69) is 9.64 Å². The van der Waals surface area contributed by atoms with Crippen LogP contribution in [0.25, 0.3) is 0 Å². The lowest BCUT2D eigenvalue weighted by atomic mass is 10.2. The fourth-order valence-electron chi connectivity index (χ4n) is 2.87. The van der Waals surface area contributed by atoms with Crippen LogP contribution in [0.15, 0.2) is 24.3 Å². The largest absolute Gasteiger partial charge is 0.469 e. The Balaban J connectivity index is 1.76. The first-order valence-corrected chi connectivity index (χ1v) is 8.40. The molecule has 0 saturated carbocycles. The molecule has 2 rings (SSSR count). The second-order valence-corrected chi connectivity index (χ2v) is 6.07. The Morgan fingerprint density at radius 1 is 1.08 bits per heavy atom. The molecule has 0 N–H and O–H groups in total. The van der Waals surface area contributed by atoms with Crippen molar-refractivity contribution in [2.75, 3.05) is 33.3 Å². The van der Waals surface area contributed by atoms with Gasteiger partial charge in [-0.25, -0.2) is 4.39 Å². The fraction of sp³-hybridized carbons (Fsp3) is 0.556. The van der Waals surface area contributed by atoms with Gasteiger partial charge in [0, 0.05) is 45.6 Å². The summed E-state index contributed by atoms with van der Waals surface area (Å²) in [5.41, 5.74) is 1.08. The summed E-state index contributed by atoms with van der Waals surface area (Å²) < 4.78 is 17.5. The normalized spacial score (nSPS) is 15.8. The second kappa shape index (κ2) is 9.37. The number of hydrogen-bond donors (Lipinski definition) is 0. The molecular weight excluding hydrogens is 311 g/mol.